The molecular weight excluding hydrogens is 472 g/mol. The second-order valence-corrected chi connectivity index (χ2v) is 10.1. The van der Waals surface area contributed by atoms with Gasteiger partial charge in [0.2, 0.25) is 0 Å². The van der Waals surface area contributed by atoms with Gasteiger partial charge >= 0.3 is 12.1 Å². The standard InChI is InChI=1S/C25H31BrN2O4/c1-18-15-28(24(30)32-25(2,3)4)11-10-27(18)16-20-12-21(14-22(26)13-20)23(29)31-17-19-8-6-5-7-9-19/h5-9,12-14,18H,10-11,15-17H2,1-4H3/t18-/m1/s1. The van der Waals surface area contributed by atoms with E-state index in [0.717, 1.165) is 22.1 Å². The molecule has 1 heterocycles. The highest BCUT2D eigenvalue weighted by Crippen LogP contribution is 2.21. The normalized spacial score (nSPS) is 17.2. The first-order chi connectivity index (χ1) is 15.1. The minimum absolute atomic E-state index is 0.170. The van der Waals surface area contributed by atoms with Gasteiger partial charge in [0.25, 0.3) is 0 Å². The van der Waals surface area contributed by atoms with Crippen LogP contribution in [-0.4, -0.2) is 53.1 Å². The Morgan fingerprint density at radius 3 is 2.44 bits per heavy atom. The maximum absolute atomic E-state index is 12.6. The Hall–Kier alpha value is -2.38. The number of hydrogen-bond acceptors (Lipinski definition) is 5. The van der Waals surface area contributed by atoms with Gasteiger partial charge in [0.15, 0.2) is 0 Å². The minimum atomic E-state index is -0.501. The number of amides is 1. The van der Waals surface area contributed by atoms with Crippen LogP contribution in [0, 0.1) is 0 Å². The molecule has 1 aliphatic heterocycles. The van der Waals surface area contributed by atoms with Crippen LogP contribution in [0.4, 0.5) is 4.79 Å². The van der Waals surface area contributed by atoms with E-state index in [9.17, 15) is 9.59 Å². The van der Waals surface area contributed by atoms with Crippen molar-refractivity contribution in [3.05, 3.63) is 69.7 Å². The zero-order valence-corrected chi connectivity index (χ0v) is 20.7. The van der Waals surface area contributed by atoms with Gasteiger partial charge in [0.1, 0.15) is 12.2 Å². The van der Waals surface area contributed by atoms with Crippen LogP contribution in [0.15, 0.2) is 53.0 Å². The second-order valence-electron chi connectivity index (χ2n) is 9.16. The lowest BCUT2D eigenvalue weighted by molar-refractivity contribution is 0.00457. The quantitative estimate of drug-likeness (QED) is 0.522. The maximum Gasteiger partial charge on any atom is 0.410 e. The lowest BCUT2D eigenvalue weighted by Crippen LogP contribution is -2.54. The summed E-state index contributed by atoms with van der Waals surface area (Å²) in [6.07, 6.45) is -0.269. The van der Waals surface area contributed by atoms with Gasteiger partial charge in [-0.25, -0.2) is 9.59 Å². The highest BCUT2D eigenvalue weighted by molar-refractivity contribution is 9.10. The molecule has 7 heteroatoms. The molecule has 0 bridgehead atoms. The number of carbonyl (C=O) groups is 2. The third kappa shape index (κ3) is 7.07. The van der Waals surface area contributed by atoms with Crippen LogP contribution in [0.3, 0.4) is 0 Å². The number of piperazine rings is 1. The highest BCUT2D eigenvalue weighted by Gasteiger charge is 2.29. The number of nitrogens with zero attached hydrogens (tertiary/aromatic N) is 2. The first-order valence-electron chi connectivity index (χ1n) is 10.8. The molecule has 1 fully saturated rings. The number of halogens is 1. The fourth-order valence-electron chi connectivity index (χ4n) is 3.62. The first-order valence-corrected chi connectivity index (χ1v) is 11.6. The zero-order chi connectivity index (χ0) is 23.3. The molecule has 0 radical (unpaired) electrons. The molecular formula is C25H31BrN2O4. The van der Waals surface area contributed by atoms with Gasteiger partial charge in [-0.2, -0.15) is 0 Å². The maximum atomic E-state index is 12.6. The Morgan fingerprint density at radius 1 is 1.06 bits per heavy atom. The molecule has 2 aromatic carbocycles. The van der Waals surface area contributed by atoms with Crippen molar-refractivity contribution in [1.29, 1.82) is 0 Å². The van der Waals surface area contributed by atoms with E-state index in [2.05, 4.69) is 27.8 Å². The van der Waals surface area contributed by atoms with E-state index < -0.39 is 5.60 Å². The smallest absolute Gasteiger partial charge is 0.410 e. The van der Waals surface area contributed by atoms with Crippen molar-refractivity contribution in [2.45, 2.75) is 52.5 Å². The van der Waals surface area contributed by atoms with Crippen molar-refractivity contribution in [1.82, 2.24) is 9.80 Å². The van der Waals surface area contributed by atoms with E-state index >= 15 is 0 Å². The molecule has 1 atom stereocenters. The summed E-state index contributed by atoms with van der Waals surface area (Å²) >= 11 is 3.52. The van der Waals surface area contributed by atoms with Crippen LogP contribution >= 0.6 is 15.9 Å². The molecule has 3 rings (SSSR count). The number of esters is 1. The van der Waals surface area contributed by atoms with Crippen LogP contribution in [0.5, 0.6) is 0 Å². The summed E-state index contributed by atoms with van der Waals surface area (Å²) in [6.45, 7) is 10.6. The fraction of sp³-hybridized carbons (Fsp3) is 0.440. The molecule has 0 aliphatic carbocycles. The summed E-state index contributed by atoms with van der Waals surface area (Å²) in [6, 6.07) is 15.5. The third-order valence-corrected chi connectivity index (χ3v) is 5.67. The fourth-order valence-corrected chi connectivity index (χ4v) is 4.16. The van der Waals surface area contributed by atoms with Crippen LogP contribution in [0.25, 0.3) is 0 Å². The van der Waals surface area contributed by atoms with E-state index in [1.165, 1.54) is 0 Å². The average molecular weight is 503 g/mol. The Balaban J connectivity index is 1.60. The average Bonchev–Trinajstić information content (AvgIpc) is 2.72. The molecule has 172 valence electrons. The molecule has 0 saturated carbocycles. The second kappa shape index (κ2) is 10.5. The van der Waals surface area contributed by atoms with Crippen molar-refractivity contribution in [2.24, 2.45) is 0 Å². The predicted molar refractivity (Wildman–Crippen MR) is 127 cm³/mol. The Bertz CT molecular complexity index is 943. The van der Waals surface area contributed by atoms with Gasteiger partial charge in [-0.05, 0) is 57.0 Å². The minimum Gasteiger partial charge on any atom is -0.457 e. The van der Waals surface area contributed by atoms with Crippen LogP contribution in [0.1, 0.15) is 49.2 Å². The van der Waals surface area contributed by atoms with Gasteiger partial charge < -0.3 is 14.4 Å². The number of rotatable bonds is 5. The Morgan fingerprint density at radius 2 is 1.78 bits per heavy atom. The van der Waals surface area contributed by atoms with Gasteiger partial charge in [-0.1, -0.05) is 46.3 Å². The summed E-state index contributed by atoms with van der Waals surface area (Å²) < 4.78 is 11.8. The van der Waals surface area contributed by atoms with Gasteiger partial charge in [-0.15, -0.1) is 0 Å². The van der Waals surface area contributed by atoms with Gasteiger partial charge in [0, 0.05) is 36.7 Å². The summed E-state index contributed by atoms with van der Waals surface area (Å²) in [5, 5.41) is 0. The van der Waals surface area contributed by atoms with Gasteiger partial charge in [0.05, 0.1) is 5.56 Å². The zero-order valence-electron chi connectivity index (χ0n) is 19.1. The van der Waals surface area contributed by atoms with Crippen molar-refractivity contribution < 1.29 is 19.1 Å². The monoisotopic (exact) mass is 502 g/mol. The Labute approximate surface area is 198 Å². The summed E-state index contributed by atoms with van der Waals surface area (Å²) in [4.78, 5) is 29.0. The molecule has 2 aromatic rings. The van der Waals surface area contributed by atoms with E-state index in [1.807, 2.05) is 63.2 Å². The molecule has 1 amide bonds. The van der Waals surface area contributed by atoms with Crippen molar-refractivity contribution in [3.8, 4) is 0 Å². The topological polar surface area (TPSA) is 59.1 Å². The summed E-state index contributed by atoms with van der Waals surface area (Å²) in [7, 11) is 0. The number of ether oxygens (including phenoxy) is 2. The molecule has 1 saturated heterocycles. The molecule has 0 N–H and O–H groups in total. The molecule has 0 unspecified atom stereocenters. The highest BCUT2D eigenvalue weighted by atomic mass is 79.9. The van der Waals surface area contributed by atoms with Crippen molar-refractivity contribution in [2.75, 3.05) is 19.6 Å². The number of hydrogen-bond donors (Lipinski definition) is 0. The van der Waals surface area contributed by atoms with Crippen LogP contribution in [0.2, 0.25) is 0 Å². The molecule has 0 spiro atoms. The molecule has 6 nitrogen and oxygen atoms in total. The number of carbonyl (C=O) groups excluding carboxylic acids is 2. The third-order valence-electron chi connectivity index (χ3n) is 5.21. The van der Waals surface area contributed by atoms with E-state index in [-0.39, 0.29) is 24.7 Å². The van der Waals surface area contributed by atoms with Crippen LogP contribution < -0.4 is 0 Å². The molecule has 1 aliphatic rings. The summed E-state index contributed by atoms with van der Waals surface area (Å²) in [5.41, 5.74) is 1.99. The van der Waals surface area contributed by atoms with Crippen LogP contribution in [-0.2, 0) is 22.6 Å². The van der Waals surface area contributed by atoms with E-state index in [4.69, 9.17) is 9.47 Å². The van der Waals surface area contributed by atoms with Crippen molar-refractivity contribution >= 4 is 28.0 Å². The molecule has 32 heavy (non-hydrogen) atoms. The first kappa shape index (κ1) is 24.3. The molecule has 0 aromatic heterocycles. The van der Waals surface area contributed by atoms with Gasteiger partial charge in [-0.3, -0.25) is 4.90 Å². The lowest BCUT2D eigenvalue weighted by atomic mass is 10.1. The van der Waals surface area contributed by atoms with E-state index in [1.54, 1.807) is 11.0 Å². The Kier molecular flexibility index (Phi) is 7.96. The largest absolute Gasteiger partial charge is 0.457 e. The SMILES string of the molecule is C[C@@H]1CN(C(=O)OC(C)(C)C)CCN1Cc1cc(Br)cc(C(=O)OCc2ccccc2)c1. The summed E-state index contributed by atoms with van der Waals surface area (Å²) in [5.74, 6) is -0.348. The number of benzene rings is 2. The van der Waals surface area contributed by atoms with E-state index in [0.29, 0.717) is 25.2 Å². The van der Waals surface area contributed by atoms with Crippen molar-refractivity contribution in [3.63, 3.8) is 0 Å². The lowest BCUT2D eigenvalue weighted by Gasteiger charge is -2.40. The predicted octanol–water partition coefficient (Wildman–Crippen LogP) is 5.25.